The summed E-state index contributed by atoms with van der Waals surface area (Å²) in [4.78, 5) is 0. The van der Waals surface area contributed by atoms with Crippen LogP contribution in [0.4, 0.5) is 0 Å². The molecule has 112 valence electrons. The lowest BCUT2D eigenvalue weighted by molar-refractivity contribution is 0.335. The molecule has 2 aromatic rings. The molecule has 1 atom stereocenters. The first kappa shape index (κ1) is 15.6. The highest BCUT2D eigenvalue weighted by Crippen LogP contribution is 2.30. The summed E-state index contributed by atoms with van der Waals surface area (Å²) in [7, 11) is 0. The number of nitrogens with two attached hydrogens (primary N) is 1. The van der Waals surface area contributed by atoms with Crippen molar-refractivity contribution in [1.29, 1.82) is 0 Å². The molecule has 0 spiro atoms. The van der Waals surface area contributed by atoms with Gasteiger partial charge in [-0.2, -0.15) is 0 Å². The number of hydrogen-bond acceptors (Lipinski definition) is 2. The van der Waals surface area contributed by atoms with Gasteiger partial charge in [0, 0.05) is 5.56 Å². The molecule has 0 aromatic heterocycles. The topological polar surface area (TPSA) is 35.2 Å². The van der Waals surface area contributed by atoms with Crippen molar-refractivity contribution in [3.63, 3.8) is 0 Å². The molecule has 2 heteroatoms. The van der Waals surface area contributed by atoms with Crippen LogP contribution in [0.2, 0.25) is 0 Å². The highest BCUT2D eigenvalue weighted by molar-refractivity contribution is 5.44. The van der Waals surface area contributed by atoms with E-state index in [2.05, 4.69) is 57.2 Å². The van der Waals surface area contributed by atoms with Gasteiger partial charge < -0.3 is 10.5 Å². The minimum Gasteiger partial charge on any atom is -0.494 e. The Hall–Kier alpha value is -1.80. The van der Waals surface area contributed by atoms with Crippen molar-refractivity contribution in [2.45, 2.75) is 39.7 Å². The molecule has 0 saturated carbocycles. The maximum atomic E-state index is 6.46. The number of rotatable bonds is 5. The molecule has 0 bridgehead atoms. The molecule has 0 aliphatic heterocycles. The highest BCUT2D eigenvalue weighted by atomic mass is 16.5. The maximum absolute atomic E-state index is 6.46. The summed E-state index contributed by atoms with van der Waals surface area (Å²) < 4.78 is 5.72. The Kier molecular flexibility index (Phi) is 5.03. The molecule has 2 N–H and O–H groups in total. The van der Waals surface area contributed by atoms with E-state index >= 15 is 0 Å². The van der Waals surface area contributed by atoms with E-state index in [-0.39, 0.29) is 6.04 Å². The van der Waals surface area contributed by atoms with Gasteiger partial charge in [-0.25, -0.2) is 0 Å². The van der Waals surface area contributed by atoms with Crippen LogP contribution in [0.25, 0.3) is 0 Å². The number of aryl methyl sites for hydroxylation is 1. The standard InChI is InChI=1S/C19H25NO/c1-5-21-18-11-6-14(4)12-17(18)19(20)16-9-7-15(8-10-16)13(2)3/h6-13,19H,5,20H2,1-4H3. The number of benzene rings is 2. The van der Waals surface area contributed by atoms with Gasteiger partial charge in [-0.1, -0.05) is 55.8 Å². The van der Waals surface area contributed by atoms with E-state index in [1.807, 2.05) is 13.0 Å². The fraction of sp³-hybridized carbons (Fsp3) is 0.368. The smallest absolute Gasteiger partial charge is 0.124 e. The minimum absolute atomic E-state index is 0.160. The molecule has 21 heavy (non-hydrogen) atoms. The molecular formula is C19H25NO. The Morgan fingerprint density at radius 3 is 2.19 bits per heavy atom. The van der Waals surface area contributed by atoms with E-state index in [1.54, 1.807) is 0 Å². The van der Waals surface area contributed by atoms with Crippen LogP contribution in [0.3, 0.4) is 0 Å². The summed E-state index contributed by atoms with van der Waals surface area (Å²) in [5, 5.41) is 0. The Morgan fingerprint density at radius 2 is 1.62 bits per heavy atom. The van der Waals surface area contributed by atoms with Gasteiger partial charge >= 0.3 is 0 Å². The summed E-state index contributed by atoms with van der Waals surface area (Å²) in [5.41, 5.74) is 11.2. The van der Waals surface area contributed by atoms with Gasteiger partial charge in [0.05, 0.1) is 12.6 Å². The Balaban J connectivity index is 2.34. The van der Waals surface area contributed by atoms with E-state index < -0.39 is 0 Å². The zero-order valence-corrected chi connectivity index (χ0v) is 13.4. The Bertz CT molecular complexity index is 587. The van der Waals surface area contributed by atoms with Crippen molar-refractivity contribution in [2.24, 2.45) is 5.73 Å². The van der Waals surface area contributed by atoms with Gasteiger partial charge in [0.2, 0.25) is 0 Å². The van der Waals surface area contributed by atoms with Gasteiger partial charge in [-0.15, -0.1) is 0 Å². The lowest BCUT2D eigenvalue weighted by atomic mass is 9.94. The molecule has 2 rings (SSSR count). The minimum atomic E-state index is -0.160. The number of ether oxygens (including phenoxy) is 1. The first-order valence-electron chi connectivity index (χ1n) is 7.61. The van der Waals surface area contributed by atoms with Crippen molar-refractivity contribution in [3.05, 3.63) is 64.7 Å². The molecule has 0 amide bonds. The van der Waals surface area contributed by atoms with Crippen molar-refractivity contribution < 1.29 is 4.74 Å². The van der Waals surface area contributed by atoms with E-state index in [0.29, 0.717) is 12.5 Å². The Labute approximate surface area is 127 Å². The van der Waals surface area contributed by atoms with Crippen LogP contribution in [0, 0.1) is 6.92 Å². The maximum Gasteiger partial charge on any atom is 0.124 e. The van der Waals surface area contributed by atoms with Crippen LogP contribution in [0.15, 0.2) is 42.5 Å². The molecule has 0 saturated heterocycles. The van der Waals surface area contributed by atoms with Crippen molar-refractivity contribution in [1.82, 2.24) is 0 Å². The first-order valence-corrected chi connectivity index (χ1v) is 7.61. The van der Waals surface area contributed by atoms with E-state index in [1.165, 1.54) is 11.1 Å². The summed E-state index contributed by atoms with van der Waals surface area (Å²) in [6.45, 7) is 9.11. The van der Waals surface area contributed by atoms with E-state index in [4.69, 9.17) is 10.5 Å². The molecule has 0 aliphatic rings. The summed E-state index contributed by atoms with van der Waals surface area (Å²) in [6.07, 6.45) is 0. The van der Waals surface area contributed by atoms with Crippen molar-refractivity contribution in [3.8, 4) is 5.75 Å². The van der Waals surface area contributed by atoms with Gasteiger partial charge in [0.1, 0.15) is 5.75 Å². The molecule has 0 heterocycles. The third kappa shape index (κ3) is 3.64. The third-order valence-corrected chi connectivity index (χ3v) is 3.76. The van der Waals surface area contributed by atoms with Crippen molar-refractivity contribution >= 4 is 0 Å². The largest absolute Gasteiger partial charge is 0.494 e. The zero-order valence-electron chi connectivity index (χ0n) is 13.4. The predicted molar refractivity (Wildman–Crippen MR) is 88.9 cm³/mol. The first-order chi connectivity index (χ1) is 10.0. The van der Waals surface area contributed by atoms with Crippen LogP contribution >= 0.6 is 0 Å². The molecule has 0 radical (unpaired) electrons. The highest BCUT2D eigenvalue weighted by Gasteiger charge is 2.15. The van der Waals surface area contributed by atoms with Gasteiger partial charge in [-0.05, 0) is 37.0 Å². The van der Waals surface area contributed by atoms with Crippen LogP contribution < -0.4 is 10.5 Å². The predicted octanol–water partition coefficient (Wildman–Crippen LogP) is 4.57. The quantitative estimate of drug-likeness (QED) is 0.872. The monoisotopic (exact) mass is 283 g/mol. The molecule has 1 unspecified atom stereocenters. The van der Waals surface area contributed by atoms with Crippen LogP contribution in [-0.2, 0) is 0 Å². The van der Waals surface area contributed by atoms with Crippen LogP contribution in [0.5, 0.6) is 5.75 Å². The van der Waals surface area contributed by atoms with Crippen LogP contribution in [-0.4, -0.2) is 6.61 Å². The number of hydrogen-bond donors (Lipinski definition) is 1. The SMILES string of the molecule is CCOc1ccc(C)cc1C(N)c1ccc(C(C)C)cc1. The lowest BCUT2D eigenvalue weighted by Crippen LogP contribution is -2.14. The zero-order chi connectivity index (χ0) is 15.4. The molecule has 2 nitrogen and oxygen atoms in total. The summed E-state index contributed by atoms with van der Waals surface area (Å²) >= 11 is 0. The second kappa shape index (κ2) is 6.77. The molecule has 2 aromatic carbocycles. The average Bonchev–Trinajstić information content (AvgIpc) is 2.48. The van der Waals surface area contributed by atoms with E-state index in [9.17, 15) is 0 Å². The van der Waals surface area contributed by atoms with Crippen molar-refractivity contribution in [2.75, 3.05) is 6.61 Å². The van der Waals surface area contributed by atoms with Gasteiger partial charge in [-0.3, -0.25) is 0 Å². The molecule has 0 fully saturated rings. The molecule has 0 aliphatic carbocycles. The fourth-order valence-corrected chi connectivity index (χ4v) is 2.47. The fourth-order valence-electron chi connectivity index (χ4n) is 2.47. The van der Waals surface area contributed by atoms with Gasteiger partial charge in [0.25, 0.3) is 0 Å². The second-order valence-electron chi connectivity index (χ2n) is 5.77. The summed E-state index contributed by atoms with van der Waals surface area (Å²) in [6, 6.07) is 14.6. The lowest BCUT2D eigenvalue weighted by Gasteiger charge is -2.18. The summed E-state index contributed by atoms with van der Waals surface area (Å²) in [5.74, 6) is 1.41. The average molecular weight is 283 g/mol. The van der Waals surface area contributed by atoms with Gasteiger partial charge in [0.15, 0.2) is 0 Å². The van der Waals surface area contributed by atoms with Crippen LogP contribution in [0.1, 0.15) is 55.0 Å². The van der Waals surface area contributed by atoms with E-state index in [0.717, 1.165) is 16.9 Å². The second-order valence-corrected chi connectivity index (χ2v) is 5.77. The normalized spacial score (nSPS) is 12.5. The molecular weight excluding hydrogens is 258 g/mol. The Morgan fingerprint density at radius 1 is 1.00 bits per heavy atom. The third-order valence-electron chi connectivity index (χ3n) is 3.76.